The fourth-order valence-electron chi connectivity index (χ4n) is 11.9. The summed E-state index contributed by atoms with van der Waals surface area (Å²) in [6, 6.07) is 1.40. The van der Waals surface area contributed by atoms with Crippen molar-refractivity contribution in [2.24, 2.45) is 34.5 Å². The van der Waals surface area contributed by atoms with Gasteiger partial charge in [0.15, 0.2) is 6.10 Å². The molecular formula is C33H58Br2N2O2. The second-order valence-electron chi connectivity index (χ2n) is 16.1. The van der Waals surface area contributed by atoms with Crippen molar-refractivity contribution in [2.75, 3.05) is 40.3 Å². The number of nitrogens with zero attached hydrogens (tertiary/aromatic N) is 2. The zero-order chi connectivity index (χ0) is 26.1. The third-order valence-electron chi connectivity index (χ3n) is 14.1. The Morgan fingerprint density at radius 1 is 0.769 bits per heavy atom. The van der Waals surface area contributed by atoms with Gasteiger partial charge in [-0.25, -0.2) is 0 Å². The minimum absolute atomic E-state index is 0. The van der Waals surface area contributed by atoms with E-state index in [2.05, 4.69) is 27.9 Å². The number of carbonyl (C=O) groups excluding carboxylic acids is 1. The van der Waals surface area contributed by atoms with Gasteiger partial charge in [0, 0.05) is 26.2 Å². The number of rotatable bonds is 3. The van der Waals surface area contributed by atoms with Crippen molar-refractivity contribution in [3.63, 3.8) is 0 Å². The van der Waals surface area contributed by atoms with E-state index in [1.54, 1.807) is 6.92 Å². The van der Waals surface area contributed by atoms with Crippen molar-refractivity contribution in [1.29, 1.82) is 0 Å². The SMILES string of the molecule is CC(=O)O[C@H]1C[C@@H]2CC[C@H]3[C@@H]4C[C@H]([N+]5(C)CCCCC5)C[C@@]4(C)CC[C@@H]3[C@@]2(C)C[C@@H]1[N+]1(C)CCCCC1.[Br-].[Br-]. The Bertz CT molecular complexity index is 872. The van der Waals surface area contributed by atoms with Crippen LogP contribution in [-0.4, -0.2) is 73.4 Å². The van der Waals surface area contributed by atoms with Crippen molar-refractivity contribution in [3.8, 4) is 0 Å². The van der Waals surface area contributed by atoms with Crippen LogP contribution < -0.4 is 34.0 Å². The van der Waals surface area contributed by atoms with Gasteiger partial charge in [0.05, 0.1) is 46.3 Å². The number of piperidine rings is 2. The molecule has 0 spiro atoms. The highest BCUT2D eigenvalue weighted by atomic mass is 79.9. The molecule has 0 amide bonds. The third kappa shape index (κ3) is 5.57. The monoisotopic (exact) mass is 672 g/mol. The summed E-state index contributed by atoms with van der Waals surface area (Å²) in [7, 11) is 5.12. The molecule has 0 N–H and O–H groups in total. The second-order valence-corrected chi connectivity index (χ2v) is 16.1. The van der Waals surface area contributed by atoms with Crippen LogP contribution in [-0.2, 0) is 9.53 Å². The third-order valence-corrected chi connectivity index (χ3v) is 14.1. The molecule has 2 aliphatic heterocycles. The Morgan fingerprint density at radius 2 is 1.38 bits per heavy atom. The Morgan fingerprint density at radius 3 is 2.00 bits per heavy atom. The summed E-state index contributed by atoms with van der Waals surface area (Å²) in [5.74, 6) is 3.43. The highest BCUT2D eigenvalue weighted by Crippen LogP contribution is 2.67. The number of likely N-dealkylation sites (N-methyl/N-ethyl adjacent to an activating group) is 1. The first-order chi connectivity index (χ1) is 17.6. The zero-order valence-corrected chi connectivity index (χ0v) is 28.9. The van der Waals surface area contributed by atoms with Gasteiger partial charge in [0.1, 0.15) is 6.04 Å². The molecule has 0 radical (unpaired) electrons. The number of ether oxygens (including phenoxy) is 1. The van der Waals surface area contributed by atoms with Crippen LogP contribution in [0.25, 0.3) is 0 Å². The Labute approximate surface area is 261 Å². The molecule has 4 saturated carbocycles. The smallest absolute Gasteiger partial charge is 0.303 e. The van der Waals surface area contributed by atoms with Gasteiger partial charge in [-0.15, -0.1) is 0 Å². The largest absolute Gasteiger partial charge is 1.00 e. The topological polar surface area (TPSA) is 26.3 Å². The average Bonchev–Trinajstić information content (AvgIpc) is 3.23. The number of likely N-dealkylation sites (tertiary alicyclic amines) is 2. The summed E-state index contributed by atoms with van der Waals surface area (Å²) in [5.41, 5.74) is 0.999. The molecule has 0 aromatic carbocycles. The van der Waals surface area contributed by atoms with E-state index in [0.29, 0.717) is 16.9 Å². The maximum atomic E-state index is 12.2. The van der Waals surface area contributed by atoms with Crippen LogP contribution in [0.1, 0.15) is 111 Å². The predicted octanol–water partition coefficient (Wildman–Crippen LogP) is 0.577. The molecule has 9 atom stereocenters. The number of hydrogen-bond acceptors (Lipinski definition) is 2. The molecule has 2 heterocycles. The van der Waals surface area contributed by atoms with Gasteiger partial charge >= 0.3 is 5.97 Å². The van der Waals surface area contributed by atoms with Crippen LogP contribution in [0.3, 0.4) is 0 Å². The minimum Gasteiger partial charge on any atom is -1.00 e. The highest BCUT2D eigenvalue weighted by molar-refractivity contribution is 5.66. The molecule has 226 valence electrons. The molecule has 0 aromatic heterocycles. The van der Waals surface area contributed by atoms with Gasteiger partial charge in [-0.05, 0) is 105 Å². The molecular weight excluding hydrogens is 616 g/mol. The Kier molecular flexibility index (Phi) is 9.76. The summed E-state index contributed by atoms with van der Waals surface area (Å²) in [4.78, 5) is 12.2. The fourth-order valence-corrected chi connectivity index (χ4v) is 11.9. The number of fused-ring (bicyclic) bond motifs is 5. The van der Waals surface area contributed by atoms with E-state index in [1.807, 2.05) is 0 Å². The molecule has 6 heteroatoms. The fraction of sp³-hybridized carbons (Fsp3) is 0.970. The maximum absolute atomic E-state index is 12.2. The van der Waals surface area contributed by atoms with E-state index in [9.17, 15) is 4.79 Å². The average molecular weight is 675 g/mol. The van der Waals surface area contributed by atoms with E-state index in [1.165, 1.54) is 114 Å². The molecule has 6 rings (SSSR count). The number of halogens is 2. The van der Waals surface area contributed by atoms with Gasteiger partial charge in [0.2, 0.25) is 0 Å². The second kappa shape index (κ2) is 11.8. The summed E-state index contributed by atoms with van der Waals surface area (Å²) in [6.07, 6.45) is 19.7. The Balaban J connectivity index is 0.00000176. The number of esters is 1. The van der Waals surface area contributed by atoms with Crippen molar-refractivity contribution in [2.45, 2.75) is 129 Å². The number of quaternary nitrogens is 2. The molecule has 0 bridgehead atoms. The van der Waals surface area contributed by atoms with Crippen LogP contribution >= 0.6 is 0 Å². The van der Waals surface area contributed by atoms with E-state index in [4.69, 9.17) is 4.74 Å². The molecule has 4 nitrogen and oxygen atoms in total. The zero-order valence-electron chi connectivity index (χ0n) is 25.7. The molecule has 2 saturated heterocycles. The van der Waals surface area contributed by atoms with E-state index < -0.39 is 0 Å². The normalized spacial score (nSPS) is 46.3. The van der Waals surface area contributed by atoms with E-state index >= 15 is 0 Å². The molecule has 6 aliphatic rings. The Hall–Kier alpha value is 0.350. The van der Waals surface area contributed by atoms with Gasteiger partial charge in [-0.1, -0.05) is 13.8 Å². The van der Waals surface area contributed by atoms with Crippen LogP contribution in [0.2, 0.25) is 0 Å². The van der Waals surface area contributed by atoms with Crippen LogP contribution in [0.5, 0.6) is 0 Å². The lowest BCUT2D eigenvalue weighted by molar-refractivity contribution is -0.943. The lowest BCUT2D eigenvalue weighted by Crippen LogP contribution is -3.00. The van der Waals surface area contributed by atoms with Crippen molar-refractivity contribution >= 4 is 5.97 Å². The molecule has 0 aromatic rings. The molecule has 6 fully saturated rings. The van der Waals surface area contributed by atoms with E-state index in [0.717, 1.165) is 40.6 Å². The number of carbonyl (C=O) groups is 1. The van der Waals surface area contributed by atoms with Crippen molar-refractivity contribution in [1.82, 2.24) is 0 Å². The van der Waals surface area contributed by atoms with Crippen LogP contribution in [0.15, 0.2) is 0 Å². The lowest BCUT2D eigenvalue weighted by Gasteiger charge is -2.63. The summed E-state index contributed by atoms with van der Waals surface area (Å²) in [5, 5.41) is 0. The van der Waals surface area contributed by atoms with Gasteiger partial charge in [-0.2, -0.15) is 0 Å². The standard InChI is InChI=1S/C33H58N2O2.2BrH/c1-24(36)37-31-20-25-12-13-27-28(33(25,3)23-30(31)35(5)18-10-7-11-19-35)14-15-32(2)22-26(21-29(27)32)34(4)16-8-6-9-17-34;;/h25-31H,6-23H2,1-5H3;2*1H/q+2;;/p-2/t25-,26-,27+,28-,29-,30-,31-,32+,33-;;/m0../s1. The summed E-state index contributed by atoms with van der Waals surface area (Å²) in [6.45, 7) is 12.5. The maximum Gasteiger partial charge on any atom is 0.303 e. The van der Waals surface area contributed by atoms with Gasteiger partial charge in [0.25, 0.3) is 0 Å². The van der Waals surface area contributed by atoms with Crippen LogP contribution in [0, 0.1) is 34.5 Å². The first-order valence-corrected chi connectivity index (χ1v) is 16.4. The minimum atomic E-state index is -0.0596. The highest BCUT2D eigenvalue weighted by Gasteiger charge is 2.64. The van der Waals surface area contributed by atoms with Crippen LogP contribution in [0.4, 0.5) is 0 Å². The molecule has 4 aliphatic carbocycles. The quantitative estimate of drug-likeness (QED) is 0.324. The van der Waals surface area contributed by atoms with Gasteiger partial charge < -0.3 is 47.7 Å². The summed E-state index contributed by atoms with van der Waals surface area (Å²) >= 11 is 0. The summed E-state index contributed by atoms with van der Waals surface area (Å²) < 4.78 is 8.70. The first-order valence-electron chi connectivity index (χ1n) is 16.4. The molecule has 39 heavy (non-hydrogen) atoms. The van der Waals surface area contributed by atoms with E-state index in [-0.39, 0.29) is 46.0 Å². The number of hydrogen-bond donors (Lipinski definition) is 0. The molecule has 0 unspecified atom stereocenters. The van der Waals surface area contributed by atoms with Crippen molar-refractivity contribution in [3.05, 3.63) is 0 Å². The lowest BCUT2D eigenvalue weighted by atomic mass is 9.44. The van der Waals surface area contributed by atoms with Crippen molar-refractivity contribution < 1.29 is 52.5 Å². The van der Waals surface area contributed by atoms with Gasteiger partial charge in [-0.3, -0.25) is 4.79 Å². The first kappa shape index (κ1) is 32.3. The predicted molar refractivity (Wildman–Crippen MR) is 150 cm³/mol.